The molecule has 0 aromatic heterocycles. The summed E-state index contributed by atoms with van der Waals surface area (Å²) in [6.45, 7) is 6.57. The zero-order valence-corrected chi connectivity index (χ0v) is 51.5. The first-order valence-electron chi connectivity index (χ1n) is 33.8. The Labute approximate surface area is 479 Å². The molecule has 0 heterocycles. The second-order valence-electron chi connectivity index (χ2n) is 22.7. The van der Waals surface area contributed by atoms with E-state index < -0.39 is 6.10 Å². The Bertz CT molecular complexity index is 1380. The zero-order chi connectivity index (χ0) is 55.7. The van der Waals surface area contributed by atoms with Crippen molar-refractivity contribution in [3.05, 3.63) is 60.8 Å². The van der Waals surface area contributed by atoms with E-state index in [0.717, 1.165) is 96.3 Å². The molecule has 0 saturated heterocycles. The molecule has 0 saturated carbocycles. The SMILES string of the molecule is CC/C=C\C/C=C\C/C=C\C/C=C\C/C=C\CCCCCCCCCC(=O)OC(COC(=O)CCCCCCCCCCCCC)COC(=O)CCCCCCCCCCCCCCCCCCCCCCCCCCC. The van der Waals surface area contributed by atoms with Gasteiger partial charge in [-0.15, -0.1) is 0 Å². The molecule has 6 nitrogen and oxygen atoms in total. The number of esters is 3. The molecule has 0 amide bonds. The summed E-state index contributed by atoms with van der Waals surface area (Å²) in [5.41, 5.74) is 0. The zero-order valence-electron chi connectivity index (χ0n) is 51.5. The maximum atomic E-state index is 12.9. The number of ether oxygens (including phenoxy) is 3. The Morgan fingerprint density at radius 2 is 0.506 bits per heavy atom. The van der Waals surface area contributed by atoms with Crippen LogP contribution in [0.15, 0.2) is 60.8 Å². The van der Waals surface area contributed by atoms with E-state index in [-0.39, 0.29) is 31.1 Å². The number of carbonyl (C=O) groups excluding carboxylic acids is 3. The third-order valence-corrected chi connectivity index (χ3v) is 15.0. The molecule has 0 aliphatic heterocycles. The minimum absolute atomic E-state index is 0.0740. The van der Waals surface area contributed by atoms with E-state index in [0.29, 0.717) is 19.3 Å². The van der Waals surface area contributed by atoms with Crippen molar-refractivity contribution < 1.29 is 28.6 Å². The molecule has 0 aromatic rings. The highest BCUT2D eigenvalue weighted by atomic mass is 16.6. The molecule has 0 aliphatic carbocycles. The van der Waals surface area contributed by atoms with Crippen LogP contribution in [0.25, 0.3) is 0 Å². The third kappa shape index (κ3) is 63.8. The highest BCUT2D eigenvalue weighted by Crippen LogP contribution is 2.18. The van der Waals surface area contributed by atoms with Gasteiger partial charge < -0.3 is 14.2 Å². The van der Waals surface area contributed by atoms with Crippen LogP contribution >= 0.6 is 0 Å². The summed E-state index contributed by atoms with van der Waals surface area (Å²) in [4.78, 5) is 38.3. The van der Waals surface area contributed by atoms with Gasteiger partial charge in [0.15, 0.2) is 6.10 Å². The Hall–Kier alpha value is -2.89. The number of hydrogen-bond donors (Lipinski definition) is 0. The van der Waals surface area contributed by atoms with E-state index in [9.17, 15) is 14.4 Å². The minimum atomic E-state index is -0.778. The minimum Gasteiger partial charge on any atom is -0.462 e. The lowest BCUT2D eigenvalue weighted by molar-refractivity contribution is -0.167. The molecule has 0 aromatic carbocycles. The summed E-state index contributed by atoms with van der Waals surface area (Å²) < 4.78 is 16.9. The summed E-state index contributed by atoms with van der Waals surface area (Å²) in [6, 6.07) is 0. The Balaban J connectivity index is 4.23. The molecule has 0 radical (unpaired) electrons. The van der Waals surface area contributed by atoms with Gasteiger partial charge in [-0.2, -0.15) is 0 Å². The molecule has 1 atom stereocenters. The molecule has 0 N–H and O–H groups in total. The second kappa shape index (κ2) is 65.6. The van der Waals surface area contributed by atoms with E-state index in [1.54, 1.807) is 0 Å². The van der Waals surface area contributed by atoms with Crippen LogP contribution in [-0.2, 0) is 28.6 Å². The van der Waals surface area contributed by atoms with Crippen LogP contribution in [0.5, 0.6) is 0 Å². The quantitative estimate of drug-likeness (QED) is 0.0261. The lowest BCUT2D eigenvalue weighted by atomic mass is 10.0. The number of rotatable bonds is 62. The van der Waals surface area contributed by atoms with Crippen LogP contribution in [0.1, 0.15) is 355 Å². The first-order chi connectivity index (χ1) is 38.0. The van der Waals surface area contributed by atoms with E-state index in [2.05, 4.69) is 81.5 Å². The number of carbonyl (C=O) groups is 3. The maximum Gasteiger partial charge on any atom is 0.306 e. The van der Waals surface area contributed by atoms with Crippen molar-refractivity contribution in [1.29, 1.82) is 0 Å². The average Bonchev–Trinajstić information content (AvgIpc) is 3.43. The van der Waals surface area contributed by atoms with Crippen molar-refractivity contribution in [3.63, 3.8) is 0 Å². The van der Waals surface area contributed by atoms with Crippen molar-refractivity contribution >= 4 is 17.9 Å². The molecule has 0 aliphatic rings. The van der Waals surface area contributed by atoms with Gasteiger partial charge in [0, 0.05) is 19.3 Å². The van der Waals surface area contributed by atoms with Gasteiger partial charge in [0.1, 0.15) is 13.2 Å². The number of hydrogen-bond acceptors (Lipinski definition) is 6. The monoisotopic (exact) mass is 1080 g/mol. The predicted octanol–water partition coefficient (Wildman–Crippen LogP) is 23.1. The second-order valence-corrected chi connectivity index (χ2v) is 22.7. The van der Waals surface area contributed by atoms with Crippen LogP contribution < -0.4 is 0 Å². The van der Waals surface area contributed by atoms with E-state index in [4.69, 9.17) is 14.2 Å². The van der Waals surface area contributed by atoms with Gasteiger partial charge in [0.2, 0.25) is 0 Å². The van der Waals surface area contributed by atoms with Gasteiger partial charge in [0.25, 0.3) is 0 Å². The van der Waals surface area contributed by atoms with Crippen LogP contribution in [0.3, 0.4) is 0 Å². The van der Waals surface area contributed by atoms with E-state index in [1.807, 2.05) is 0 Å². The number of unbranched alkanes of at least 4 members (excludes halogenated alkanes) is 41. The van der Waals surface area contributed by atoms with Gasteiger partial charge in [0.05, 0.1) is 0 Å². The third-order valence-electron chi connectivity index (χ3n) is 15.0. The van der Waals surface area contributed by atoms with Crippen molar-refractivity contribution in [1.82, 2.24) is 0 Å². The van der Waals surface area contributed by atoms with E-state index >= 15 is 0 Å². The average molecular weight is 1080 g/mol. The largest absolute Gasteiger partial charge is 0.462 e. The molecular formula is C71H128O6. The lowest BCUT2D eigenvalue weighted by Crippen LogP contribution is -2.30. The van der Waals surface area contributed by atoms with Gasteiger partial charge in [-0.3, -0.25) is 14.4 Å². The molecule has 0 bridgehead atoms. The Morgan fingerprint density at radius 3 is 0.792 bits per heavy atom. The van der Waals surface area contributed by atoms with Gasteiger partial charge in [-0.05, 0) is 64.2 Å². The predicted molar refractivity (Wildman–Crippen MR) is 335 cm³/mol. The topological polar surface area (TPSA) is 78.9 Å². The lowest BCUT2D eigenvalue weighted by Gasteiger charge is -2.18. The molecule has 1 unspecified atom stereocenters. The van der Waals surface area contributed by atoms with Crippen molar-refractivity contribution in [3.8, 4) is 0 Å². The standard InChI is InChI=1S/C71H128O6/c1-4-7-10-13-16-19-22-24-26-28-30-32-34-35-37-38-40-42-44-46-49-52-55-58-61-64-70(73)76-67-68(66-75-69(72)63-60-57-54-51-48-21-18-15-12-9-6-3)77-71(74)65-62-59-56-53-50-47-45-43-41-39-36-33-31-29-27-25-23-20-17-14-11-8-5-2/h8,11,17,20,25,27,31,33,39,41,68H,4-7,9-10,12-16,18-19,21-24,26,28-30,32,34-38,40,42-67H2,1-3H3/b11-8-,20-17-,27-25-,33-31-,41-39-. The fraction of sp³-hybridized carbons (Fsp3) is 0.817. The van der Waals surface area contributed by atoms with Crippen LogP contribution in [0.4, 0.5) is 0 Å². The fourth-order valence-electron chi connectivity index (χ4n) is 10.0. The van der Waals surface area contributed by atoms with Crippen LogP contribution in [0, 0.1) is 0 Å². The summed E-state index contributed by atoms with van der Waals surface area (Å²) in [6.07, 6.45) is 83.9. The summed E-state index contributed by atoms with van der Waals surface area (Å²) in [7, 11) is 0. The molecule has 0 rings (SSSR count). The number of allylic oxidation sites excluding steroid dienone is 10. The molecule has 6 heteroatoms. The summed E-state index contributed by atoms with van der Waals surface area (Å²) in [5, 5.41) is 0. The highest BCUT2D eigenvalue weighted by molar-refractivity contribution is 5.71. The van der Waals surface area contributed by atoms with Crippen molar-refractivity contribution in [2.24, 2.45) is 0 Å². The molecule has 0 spiro atoms. The van der Waals surface area contributed by atoms with Gasteiger partial charge in [-0.25, -0.2) is 0 Å². The van der Waals surface area contributed by atoms with Crippen molar-refractivity contribution in [2.75, 3.05) is 13.2 Å². The molecule has 77 heavy (non-hydrogen) atoms. The molecular weight excluding hydrogens is 949 g/mol. The van der Waals surface area contributed by atoms with Crippen LogP contribution in [0.2, 0.25) is 0 Å². The maximum absolute atomic E-state index is 12.9. The summed E-state index contributed by atoms with van der Waals surface area (Å²) in [5.74, 6) is -0.864. The van der Waals surface area contributed by atoms with Crippen LogP contribution in [-0.4, -0.2) is 37.2 Å². The van der Waals surface area contributed by atoms with E-state index in [1.165, 1.54) is 218 Å². The van der Waals surface area contributed by atoms with Gasteiger partial charge in [-0.1, -0.05) is 332 Å². The Morgan fingerprint density at radius 1 is 0.273 bits per heavy atom. The van der Waals surface area contributed by atoms with Gasteiger partial charge >= 0.3 is 17.9 Å². The normalized spacial score (nSPS) is 12.4. The first-order valence-corrected chi connectivity index (χ1v) is 33.8. The fourth-order valence-corrected chi connectivity index (χ4v) is 10.0. The molecule has 0 fully saturated rings. The first kappa shape index (κ1) is 74.1. The Kier molecular flexibility index (Phi) is 63.2. The smallest absolute Gasteiger partial charge is 0.306 e. The summed E-state index contributed by atoms with van der Waals surface area (Å²) >= 11 is 0. The molecule has 448 valence electrons. The highest BCUT2D eigenvalue weighted by Gasteiger charge is 2.19. The van der Waals surface area contributed by atoms with Crippen molar-refractivity contribution in [2.45, 2.75) is 361 Å².